The Kier molecular flexibility index (Phi) is 5.53. The third-order valence-electron chi connectivity index (χ3n) is 3.90. The summed E-state index contributed by atoms with van der Waals surface area (Å²) < 4.78 is 12.9. The second-order valence-electron chi connectivity index (χ2n) is 5.71. The highest BCUT2D eigenvalue weighted by molar-refractivity contribution is 6.03. The monoisotopic (exact) mass is 350 g/mol. The van der Waals surface area contributed by atoms with Gasteiger partial charge in [-0.05, 0) is 41.8 Å². The molecule has 0 unspecified atom stereocenters. The quantitative estimate of drug-likeness (QED) is 0.704. The average Bonchev–Trinajstić information content (AvgIpc) is 2.68. The Morgan fingerprint density at radius 2 is 1.85 bits per heavy atom. The molecule has 2 N–H and O–H groups in total. The number of halogens is 1. The average molecular weight is 350 g/mol. The molecule has 0 saturated heterocycles. The predicted octanol–water partition coefficient (Wildman–Crippen LogP) is 4.04. The van der Waals surface area contributed by atoms with Crippen LogP contribution in [0.25, 0.3) is 0 Å². The van der Waals surface area contributed by atoms with Gasteiger partial charge >= 0.3 is 0 Å². The first kappa shape index (κ1) is 17.5. The number of anilines is 2. The molecule has 0 aliphatic carbocycles. The Bertz CT molecular complexity index is 896. The summed E-state index contributed by atoms with van der Waals surface area (Å²) in [6, 6.07) is 15.4. The van der Waals surface area contributed by atoms with Crippen molar-refractivity contribution in [1.82, 2.24) is 9.97 Å². The summed E-state index contributed by atoms with van der Waals surface area (Å²) in [4.78, 5) is 20.8. The standard InChI is InChI=1S/C20H19FN4O/c1-2-15-5-3-4-6-17(15)24-19(26)18-11-12-22-20(25-18)23-13-14-7-9-16(21)10-8-14/h3-12H,2,13H2,1H3,(H,24,26)(H,22,23,25). The van der Waals surface area contributed by atoms with E-state index in [0.717, 1.165) is 23.2 Å². The Balaban J connectivity index is 1.68. The topological polar surface area (TPSA) is 66.9 Å². The van der Waals surface area contributed by atoms with Crippen molar-refractivity contribution in [2.45, 2.75) is 19.9 Å². The third-order valence-corrected chi connectivity index (χ3v) is 3.90. The van der Waals surface area contributed by atoms with Crippen LogP contribution in [0, 0.1) is 5.82 Å². The molecule has 0 atom stereocenters. The van der Waals surface area contributed by atoms with Crippen molar-refractivity contribution in [1.29, 1.82) is 0 Å². The van der Waals surface area contributed by atoms with Crippen LogP contribution in [0.5, 0.6) is 0 Å². The minimum atomic E-state index is -0.293. The molecule has 0 radical (unpaired) electrons. The number of aromatic nitrogens is 2. The van der Waals surface area contributed by atoms with Crippen molar-refractivity contribution >= 4 is 17.5 Å². The van der Waals surface area contributed by atoms with Gasteiger partial charge in [0, 0.05) is 18.4 Å². The van der Waals surface area contributed by atoms with Gasteiger partial charge in [0.1, 0.15) is 11.5 Å². The lowest BCUT2D eigenvalue weighted by atomic mass is 10.1. The van der Waals surface area contributed by atoms with Crippen LogP contribution in [0.2, 0.25) is 0 Å². The lowest BCUT2D eigenvalue weighted by molar-refractivity contribution is 0.102. The van der Waals surface area contributed by atoms with E-state index in [1.165, 1.54) is 18.3 Å². The zero-order valence-corrected chi connectivity index (χ0v) is 14.4. The largest absolute Gasteiger partial charge is 0.350 e. The van der Waals surface area contributed by atoms with Gasteiger partial charge in [-0.2, -0.15) is 0 Å². The van der Waals surface area contributed by atoms with Gasteiger partial charge in [-0.1, -0.05) is 37.3 Å². The van der Waals surface area contributed by atoms with Gasteiger partial charge in [0.15, 0.2) is 0 Å². The number of aryl methyl sites for hydroxylation is 1. The maximum absolute atomic E-state index is 12.9. The van der Waals surface area contributed by atoms with Crippen molar-refractivity contribution in [2.24, 2.45) is 0 Å². The number of carbonyl (C=O) groups excluding carboxylic acids is 1. The summed E-state index contributed by atoms with van der Waals surface area (Å²) in [6.07, 6.45) is 2.35. The summed E-state index contributed by atoms with van der Waals surface area (Å²) in [7, 11) is 0. The summed E-state index contributed by atoms with van der Waals surface area (Å²) >= 11 is 0. The van der Waals surface area contributed by atoms with Crippen LogP contribution in [0.1, 0.15) is 28.5 Å². The molecule has 0 saturated carbocycles. The molecule has 0 spiro atoms. The summed E-state index contributed by atoms with van der Waals surface area (Å²) in [6.45, 7) is 2.47. The van der Waals surface area contributed by atoms with Crippen molar-refractivity contribution in [3.05, 3.63) is 83.4 Å². The minimum Gasteiger partial charge on any atom is -0.350 e. The molecule has 0 aliphatic rings. The number of hydrogen-bond acceptors (Lipinski definition) is 4. The van der Waals surface area contributed by atoms with E-state index >= 15 is 0 Å². The lowest BCUT2D eigenvalue weighted by Gasteiger charge is -2.10. The summed E-state index contributed by atoms with van der Waals surface area (Å²) in [5.41, 5.74) is 3.00. The first-order valence-corrected chi connectivity index (χ1v) is 8.36. The second kappa shape index (κ2) is 8.20. The lowest BCUT2D eigenvalue weighted by Crippen LogP contribution is -2.16. The molecule has 26 heavy (non-hydrogen) atoms. The maximum Gasteiger partial charge on any atom is 0.274 e. The van der Waals surface area contributed by atoms with Crippen LogP contribution < -0.4 is 10.6 Å². The molecule has 132 valence electrons. The molecule has 0 bridgehead atoms. The van der Waals surface area contributed by atoms with Gasteiger partial charge in [-0.25, -0.2) is 14.4 Å². The van der Waals surface area contributed by atoms with Crippen molar-refractivity contribution in [3.63, 3.8) is 0 Å². The Labute approximate surface area is 151 Å². The molecule has 3 rings (SSSR count). The molecule has 1 amide bonds. The predicted molar refractivity (Wildman–Crippen MR) is 99.5 cm³/mol. The van der Waals surface area contributed by atoms with Crippen LogP contribution in [-0.2, 0) is 13.0 Å². The van der Waals surface area contributed by atoms with Crippen LogP contribution >= 0.6 is 0 Å². The number of nitrogens with one attached hydrogen (secondary N) is 2. The van der Waals surface area contributed by atoms with E-state index < -0.39 is 0 Å². The number of carbonyl (C=O) groups is 1. The molecule has 1 heterocycles. The fourth-order valence-corrected chi connectivity index (χ4v) is 2.49. The van der Waals surface area contributed by atoms with Gasteiger partial charge in [-0.15, -0.1) is 0 Å². The van der Waals surface area contributed by atoms with E-state index in [9.17, 15) is 9.18 Å². The first-order chi connectivity index (χ1) is 12.7. The SMILES string of the molecule is CCc1ccccc1NC(=O)c1ccnc(NCc2ccc(F)cc2)n1. The summed E-state index contributed by atoms with van der Waals surface area (Å²) in [5, 5.41) is 5.92. The Hall–Kier alpha value is -3.28. The normalized spacial score (nSPS) is 10.4. The highest BCUT2D eigenvalue weighted by Crippen LogP contribution is 2.16. The van der Waals surface area contributed by atoms with Crippen molar-refractivity contribution < 1.29 is 9.18 Å². The Morgan fingerprint density at radius 3 is 2.62 bits per heavy atom. The number of hydrogen-bond donors (Lipinski definition) is 2. The third kappa shape index (κ3) is 4.42. The molecule has 6 heteroatoms. The molecular weight excluding hydrogens is 331 g/mol. The van der Waals surface area contributed by atoms with E-state index in [-0.39, 0.29) is 17.4 Å². The van der Waals surface area contributed by atoms with Gasteiger partial charge in [0.2, 0.25) is 5.95 Å². The highest BCUT2D eigenvalue weighted by atomic mass is 19.1. The fourth-order valence-electron chi connectivity index (χ4n) is 2.49. The van der Waals surface area contributed by atoms with Gasteiger partial charge in [-0.3, -0.25) is 4.79 Å². The van der Waals surface area contributed by atoms with E-state index in [1.807, 2.05) is 31.2 Å². The van der Waals surface area contributed by atoms with Crippen molar-refractivity contribution in [2.75, 3.05) is 10.6 Å². The summed E-state index contributed by atoms with van der Waals surface area (Å²) in [5.74, 6) is -0.236. The van der Waals surface area contributed by atoms with Gasteiger partial charge in [0.25, 0.3) is 5.91 Å². The molecule has 0 fully saturated rings. The Morgan fingerprint density at radius 1 is 1.08 bits per heavy atom. The zero-order chi connectivity index (χ0) is 18.4. The van der Waals surface area contributed by atoms with Crippen LogP contribution in [0.4, 0.5) is 16.0 Å². The first-order valence-electron chi connectivity index (χ1n) is 8.36. The molecule has 5 nitrogen and oxygen atoms in total. The molecule has 2 aromatic carbocycles. The molecular formula is C20H19FN4O. The zero-order valence-electron chi connectivity index (χ0n) is 14.4. The van der Waals surface area contributed by atoms with Gasteiger partial charge < -0.3 is 10.6 Å². The molecule has 3 aromatic rings. The van der Waals surface area contributed by atoms with E-state index in [4.69, 9.17) is 0 Å². The van der Waals surface area contributed by atoms with Gasteiger partial charge in [0.05, 0.1) is 0 Å². The van der Waals surface area contributed by atoms with E-state index in [0.29, 0.717) is 12.5 Å². The number of amides is 1. The number of benzene rings is 2. The second-order valence-corrected chi connectivity index (χ2v) is 5.71. The minimum absolute atomic E-state index is 0.271. The van der Waals surface area contributed by atoms with Crippen LogP contribution in [0.3, 0.4) is 0 Å². The highest BCUT2D eigenvalue weighted by Gasteiger charge is 2.11. The van der Waals surface area contributed by atoms with Crippen LogP contribution in [-0.4, -0.2) is 15.9 Å². The number of rotatable bonds is 6. The van der Waals surface area contributed by atoms with E-state index in [2.05, 4.69) is 20.6 Å². The molecule has 1 aromatic heterocycles. The smallest absolute Gasteiger partial charge is 0.274 e. The maximum atomic E-state index is 12.9. The van der Waals surface area contributed by atoms with Crippen LogP contribution in [0.15, 0.2) is 60.8 Å². The number of nitrogens with zero attached hydrogens (tertiary/aromatic N) is 2. The molecule has 0 aliphatic heterocycles. The number of para-hydroxylation sites is 1. The van der Waals surface area contributed by atoms with Crippen molar-refractivity contribution in [3.8, 4) is 0 Å². The van der Waals surface area contributed by atoms with E-state index in [1.54, 1.807) is 18.2 Å². The fraction of sp³-hybridized carbons (Fsp3) is 0.150.